The van der Waals surface area contributed by atoms with E-state index in [4.69, 9.17) is 5.11 Å². The Hall–Kier alpha value is -0.610. The zero-order valence-electron chi connectivity index (χ0n) is 12.5. The summed E-state index contributed by atoms with van der Waals surface area (Å²) in [5.74, 6) is 0.0307. The Labute approximate surface area is 112 Å². The summed E-state index contributed by atoms with van der Waals surface area (Å²) in [5, 5.41) is 15.2. The van der Waals surface area contributed by atoms with Crippen molar-refractivity contribution in [3.05, 3.63) is 0 Å². The van der Waals surface area contributed by atoms with E-state index < -0.39 is 0 Å². The van der Waals surface area contributed by atoms with Crippen LogP contribution in [0.15, 0.2) is 0 Å². The van der Waals surface area contributed by atoms with Gasteiger partial charge in [-0.05, 0) is 25.2 Å². The van der Waals surface area contributed by atoms with E-state index in [9.17, 15) is 4.79 Å². The van der Waals surface area contributed by atoms with E-state index in [1.165, 1.54) is 0 Å². The van der Waals surface area contributed by atoms with Crippen LogP contribution in [0.3, 0.4) is 0 Å². The lowest BCUT2D eigenvalue weighted by atomic mass is 9.85. The SMILES string of the molecule is CCCC(C)NC(=O)CNC(CCO)C(C)(C)C. The molecule has 1 amide bonds. The molecule has 0 aromatic heterocycles. The molecule has 0 bridgehead atoms. The fourth-order valence-corrected chi connectivity index (χ4v) is 2.02. The number of hydrogen-bond donors (Lipinski definition) is 3. The largest absolute Gasteiger partial charge is 0.396 e. The van der Waals surface area contributed by atoms with E-state index >= 15 is 0 Å². The Morgan fingerprint density at radius 1 is 1.28 bits per heavy atom. The number of aliphatic hydroxyl groups excluding tert-OH is 1. The molecule has 0 rings (SSSR count). The first-order valence-corrected chi connectivity index (χ1v) is 6.94. The molecule has 3 N–H and O–H groups in total. The maximum atomic E-state index is 11.7. The van der Waals surface area contributed by atoms with Crippen molar-refractivity contribution in [1.82, 2.24) is 10.6 Å². The van der Waals surface area contributed by atoms with Gasteiger partial charge in [-0.15, -0.1) is 0 Å². The van der Waals surface area contributed by atoms with Gasteiger partial charge in [0.2, 0.25) is 5.91 Å². The first-order valence-electron chi connectivity index (χ1n) is 6.94. The van der Waals surface area contributed by atoms with Crippen LogP contribution in [0, 0.1) is 5.41 Å². The number of amides is 1. The maximum Gasteiger partial charge on any atom is 0.234 e. The Kier molecular flexibility index (Phi) is 8.20. The van der Waals surface area contributed by atoms with Crippen molar-refractivity contribution in [3.63, 3.8) is 0 Å². The number of rotatable bonds is 8. The molecule has 0 aliphatic heterocycles. The molecule has 0 aromatic carbocycles. The number of nitrogens with one attached hydrogen (secondary N) is 2. The van der Waals surface area contributed by atoms with E-state index in [0.29, 0.717) is 13.0 Å². The predicted molar refractivity (Wildman–Crippen MR) is 75.5 cm³/mol. The highest BCUT2D eigenvalue weighted by Gasteiger charge is 2.24. The highest BCUT2D eigenvalue weighted by atomic mass is 16.3. The highest BCUT2D eigenvalue weighted by molar-refractivity contribution is 5.78. The van der Waals surface area contributed by atoms with E-state index in [-0.39, 0.29) is 30.0 Å². The standard InChI is InChI=1S/C14H30N2O2/c1-6-7-11(2)16-13(18)10-15-12(8-9-17)14(3,4)5/h11-12,15,17H,6-10H2,1-5H3,(H,16,18). The van der Waals surface area contributed by atoms with Gasteiger partial charge >= 0.3 is 0 Å². The Morgan fingerprint density at radius 3 is 2.33 bits per heavy atom. The minimum Gasteiger partial charge on any atom is -0.396 e. The van der Waals surface area contributed by atoms with Gasteiger partial charge < -0.3 is 15.7 Å². The lowest BCUT2D eigenvalue weighted by molar-refractivity contribution is -0.121. The van der Waals surface area contributed by atoms with Crippen molar-refractivity contribution in [2.75, 3.05) is 13.2 Å². The van der Waals surface area contributed by atoms with Crippen molar-refractivity contribution < 1.29 is 9.90 Å². The summed E-state index contributed by atoms with van der Waals surface area (Å²) >= 11 is 0. The molecule has 0 radical (unpaired) electrons. The fraction of sp³-hybridized carbons (Fsp3) is 0.929. The Morgan fingerprint density at radius 2 is 1.89 bits per heavy atom. The zero-order chi connectivity index (χ0) is 14.2. The van der Waals surface area contributed by atoms with Crippen LogP contribution in [0.5, 0.6) is 0 Å². The molecule has 0 saturated heterocycles. The van der Waals surface area contributed by atoms with Crippen LogP contribution < -0.4 is 10.6 Å². The maximum absolute atomic E-state index is 11.7. The molecule has 4 nitrogen and oxygen atoms in total. The van der Waals surface area contributed by atoms with Crippen molar-refractivity contribution in [2.24, 2.45) is 5.41 Å². The highest BCUT2D eigenvalue weighted by Crippen LogP contribution is 2.21. The molecule has 0 fully saturated rings. The fourth-order valence-electron chi connectivity index (χ4n) is 2.02. The van der Waals surface area contributed by atoms with Crippen molar-refractivity contribution in [1.29, 1.82) is 0 Å². The van der Waals surface area contributed by atoms with Gasteiger partial charge in [-0.25, -0.2) is 0 Å². The second-order valence-electron chi connectivity index (χ2n) is 6.07. The molecule has 2 unspecified atom stereocenters. The molecular weight excluding hydrogens is 228 g/mol. The topological polar surface area (TPSA) is 61.4 Å². The van der Waals surface area contributed by atoms with E-state index in [0.717, 1.165) is 12.8 Å². The van der Waals surface area contributed by atoms with Crippen LogP contribution in [-0.4, -0.2) is 36.2 Å². The number of carbonyl (C=O) groups excluding carboxylic acids is 1. The molecule has 0 saturated carbocycles. The second-order valence-corrected chi connectivity index (χ2v) is 6.07. The molecule has 0 aliphatic carbocycles. The van der Waals surface area contributed by atoms with Crippen LogP contribution >= 0.6 is 0 Å². The van der Waals surface area contributed by atoms with Gasteiger partial charge in [0.05, 0.1) is 6.54 Å². The van der Waals surface area contributed by atoms with E-state index in [2.05, 4.69) is 38.3 Å². The number of aliphatic hydroxyl groups is 1. The normalized spacial score (nSPS) is 15.2. The summed E-state index contributed by atoms with van der Waals surface area (Å²) in [4.78, 5) is 11.7. The van der Waals surface area contributed by atoms with Crippen LogP contribution in [0.2, 0.25) is 0 Å². The molecule has 18 heavy (non-hydrogen) atoms. The lowest BCUT2D eigenvalue weighted by Gasteiger charge is -2.31. The summed E-state index contributed by atoms with van der Waals surface area (Å²) < 4.78 is 0. The summed E-state index contributed by atoms with van der Waals surface area (Å²) in [7, 11) is 0. The number of carbonyl (C=O) groups is 1. The molecule has 4 heteroatoms. The van der Waals surface area contributed by atoms with E-state index in [1.807, 2.05) is 6.92 Å². The molecule has 108 valence electrons. The molecule has 0 aliphatic rings. The van der Waals surface area contributed by atoms with Gasteiger partial charge in [0.25, 0.3) is 0 Å². The second kappa shape index (κ2) is 8.48. The van der Waals surface area contributed by atoms with Gasteiger partial charge in [0.15, 0.2) is 0 Å². The zero-order valence-corrected chi connectivity index (χ0v) is 12.5. The average Bonchev–Trinajstić information content (AvgIpc) is 2.22. The smallest absolute Gasteiger partial charge is 0.234 e. The van der Waals surface area contributed by atoms with Crippen molar-refractivity contribution in [3.8, 4) is 0 Å². The Balaban J connectivity index is 4.07. The van der Waals surface area contributed by atoms with Crippen LogP contribution in [-0.2, 0) is 4.79 Å². The minimum absolute atomic E-state index is 0.0307. The minimum atomic E-state index is 0.0307. The third kappa shape index (κ3) is 7.67. The van der Waals surface area contributed by atoms with Gasteiger partial charge in [0.1, 0.15) is 0 Å². The first kappa shape index (κ1) is 17.4. The van der Waals surface area contributed by atoms with Gasteiger partial charge in [-0.1, -0.05) is 34.1 Å². The van der Waals surface area contributed by atoms with E-state index in [1.54, 1.807) is 0 Å². The van der Waals surface area contributed by atoms with Gasteiger partial charge in [0, 0.05) is 18.7 Å². The molecule has 0 aromatic rings. The first-order chi connectivity index (χ1) is 8.31. The third-order valence-corrected chi connectivity index (χ3v) is 3.10. The Bertz CT molecular complexity index is 236. The number of hydrogen-bond acceptors (Lipinski definition) is 3. The summed E-state index contributed by atoms with van der Waals surface area (Å²) in [5.41, 5.74) is 0.0397. The van der Waals surface area contributed by atoms with Crippen LogP contribution in [0.4, 0.5) is 0 Å². The molecule has 0 spiro atoms. The van der Waals surface area contributed by atoms with Crippen LogP contribution in [0.1, 0.15) is 53.9 Å². The average molecular weight is 258 g/mol. The van der Waals surface area contributed by atoms with Crippen LogP contribution in [0.25, 0.3) is 0 Å². The lowest BCUT2D eigenvalue weighted by Crippen LogP contribution is -2.47. The monoisotopic (exact) mass is 258 g/mol. The summed E-state index contributed by atoms with van der Waals surface area (Å²) in [6, 6.07) is 0.380. The summed E-state index contributed by atoms with van der Waals surface area (Å²) in [6.45, 7) is 10.9. The van der Waals surface area contributed by atoms with Gasteiger partial charge in [-0.3, -0.25) is 4.79 Å². The molecule has 2 atom stereocenters. The summed E-state index contributed by atoms with van der Waals surface area (Å²) in [6.07, 6.45) is 2.75. The van der Waals surface area contributed by atoms with Crippen molar-refractivity contribution in [2.45, 2.75) is 66.0 Å². The molecule has 0 heterocycles. The predicted octanol–water partition coefficient (Wildman–Crippen LogP) is 1.68. The van der Waals surface area contributed by atoms with Crippen molar-refractivity contribution >= 4 is 5.91 Å². The molecular formula is C14H30N2O2. The quantitative estimate of drug-likeness (QED) is 0.621. The third-order valence-electron chi connectivity index (χ3n) is 3.10. The van der Waals surface area contributed by atoms with Gasteiger partial charge in [-0.2, -0.15) is 0 Å².